The van der Waals surface area contributed by atoms with Crippen molar-refractivity contribution >= 4 is 12.9 Å². The predicted molar refractivity (Wildman–Crippen MR) is 85.9 cm³/mol. The summed E-state index contributed by atoms with van der Waals surface area (Å²) in [5.41, 5.74) is 2.06. The molecule has 0 aliphatic rings. The third-order valence-electron chi connectivity index (χ3n) is 1.54. The van der Waals surface area contributed by atoms with Crippen molar-refractivity contribution in [3.8, 4) is 0 Å². The molecule has 0 fully saturated rings. The smallest absolute Gasteiger partial charge is 0.170 e. The summed E-state index contributed by atoms with van der Waals surface area (Å²) >= 11 is 0. The van der Waals surface area contributed by atoms with Gasteiger partial charge in [0.05, 0.1) is 0 Å². The van der Waals surface area contributed by atoms with Gasteiger partial charge in [-0.15, -0.1) is 0 Å². The minimum atomic E-state index is 1.02. The van der Waals surface area contributed by atoms with Gasteiger partial charge in [0.2, 0.25) is 0 Å². The molecule has 0 saturated carbocycles. The van der Waals surface area contributed by atoms with E-state index < -0.39 is 0 Å². The average Bonchev–Trinajstić information content (AvgIpc) is 2.30. The number of rotatable bonds is 4. The Kier molecular flexibility index (Phi) is 18.3. The van der Waals surface area contributed by atoms with Crippen LogP contribution in [0.5, 0.6) is 0 Å². The maximum atomic E-state index is 3.72. The zero-order valence-corrected chi connectivity index (χ0v) is 13.0. The molecule has 0 aliphatic carbocycles. The van der Waals surface area contributed by atoms with Crippen LogP contribution in [0.25, 0.3) is 0 Å². The molecule has 0 aliphatic heterocycles. The summed E-state index contributed by atoms with van der Waals surface area (Å²) in [7, 11) is 3.81. The molecule has 0 aromatic carbocycles. The summed E-state index contributed by atoms with van der Waals surface area (Å²) in [6, 6.07) is 0. The predicted octanol–water partition coefficient (Wildman–Crippen LogP) is 3.86. The van der Waals surface area contributed by atoms with E-state index in [0.717, 1.165) is 11.3 Å². The third-order valence-corrected chi connectivity index (χ3v) is 1.54. The summed E-state index contributed by atoms with van der Waals surface area (Å²) in [5, 5.41) is 0. The van der Waals surface area contributed by atoms with Crippen molar-refractivity contribution < 1.29 is 9.15 Å². The van der Waals surface area contributed by atoms with Crippen LogP contribution in [-0.4, -0.2) is 36.2 Å². The zero-order chi connectivity index (χ0) is 15.1. The summed E-state index contributed by atoms with van der Waals surface area (Å²) in [6.07, 6.45) is 7.37. The van der Waals surface area contributed by atoms with Crippen LogP contribution in [0.4, 0.5) is 0 Å². The molecular formula is C16H30N2+2. The first-order valence-corrected chi connectivity index (χ1v) is 6.02. The molecule has 0 heterocycles. The minimum Gasteiger partial charge on any atom is -0.214 e. The molecule has 2 heteroatoms. The molecule has 0 unspecified atom stereocenters. The highest BCUT2D eigenvalue weighted by atomic mass is 15.0. The maximum Gasteiger partial charge on any atom is 0.170 e. The molecule has 0 rings (SSSR count). The van der Waals surface area contributed by atoms with E-state index in [1.165, 1.54) is 0 Å². The Morgan fingerprint density at radius 2 is 1.50 bits per heavy atom. The standard InChI is InChI=1S/2C7H12N.C2H6/c1-7(2)5-6-8(3)4;1-5-6-8(4)7(2)3;1-2/h5-6H,1,3H2,2,4H3;5-6H,1-2H2,3-4H3;1-2H3/q2*+1;/b6-5-;;. The van der Waals surface area contributed by atoms with E-state index in [9.17, 15) is 0 Å². The normalized spacial score (nSPS) is 9.56. The molecule has 18 heavy (non-hydrogen) atoms. The van der Waals surface area contributed by atoms with Crippen molar-refractivity contribution in [3.05, 3.63) is 49.4 Å². The Labute approximate surface area is 114 Å². The van der Waals surface area contributed by atoms with Crippen molar-refractivity contribution in [2.75, 3.05) is 14.1 Å². The molecule has 0 spiro atoms. The van der Waals surface area contributed by atoms with E-state index in [2.05, 4.69) is 26.5 Å². The summed E-state index contributed by atoms with van der Waals surface area (Å²) < 4.78 is 3.64. The highest BCUT2D eigenvalue weighted by Gasteiger charge is 1.90. The lowest BCUT2D eigenvalue weighted by molar-refractivity contribution is -0.436. The Hall–Kier alpha value is -1.70. The Morgan fingerprint density at radius 3 is 1.61 bits per heavy atom. The van der Waals surface area contributed by atoms with E-state index in [1.807, 2.05) is 64.9 Å². The molecule has 102 valence electrons. The van der Waals surface area contributed by atoms with Gasteiger partial charge in [0.25, 0.3) is 0 Å². The van der Waals surface area contributed by atoms with Crippen LogP contribution in [-0.2, 0) is 0 Å². The first-order valence-electron chi connectivity index (χ1n) is 6.02. The van der Waals surface area contributed by atoms with E-state index in [1.54, 1.807) is 10.7 Å². The number of hydrogen-bond acceptors (Lipinski definition) is 0. The molecular weight excluding hydrogens is 220 g/mol. The highest BCUT2D eigenvalue weighted by Crippen LogP contribution is 1.86. The van der Waals surface area contributed by atoms with Gasteiger partial charge in [-0.05, 0) is 19.6 Å². The lowest BCUT2D eigenvalue weighted by Gasteiger charge is -1.87. The van der Waals surface area contributed by atoms with Gasteiger partial charge in [0.15, 0.2) is 18.1 Å². The second-order valence-corrected chi connectivity index (χ2v) is 3.65. The van der Waals surface area contributed by atoms with Gasteiger partial charge in [-0.1, -0.05) is 32.6 Å². The third kappa shape index (κ3) is 23.8. The average molecular weight is 250 g/mol. The van der Waals surface area contributed by atoms with Gasteiger partial charge in [-0.25, -0.2) is 9.15 Å². The molecule has 0 bridgehead atoms. The lowest BCUT2D eigenvalue weighted by atomic mass is 10.3. The van der Waals surface area contributed by atoms with Crippen LogP contribution in [0.1, 0.15) is 27.7 Å². The van der Waals surface area contributed by atoms with E-state index in [4.69, 9.17) is 0 Å². The summed E-state index contributed by atoms with van der Waals surface area (Å²) in [6.45, 7) is 22.5. The zero-order valence-electron chi connectivity index (χ0n) is 13.0. The van der Waals surface area contributed by atoms with E-state index in [-0.39, 0.29) is 0 Å². The van der Waals surface area contributed by atoms with Gasteiger partial charge in [-0.2, -0.15) is 0 Å². The maximum absolute atomic E-state index is 3.72. The Bertz CT molecular complexity index is 315. The number of nitrogens with zero attached hydrogens (tertiary/aromatic N) is 2. The highest BCUT2D eigenvalue weighted by molar-refractivity contribution is 5.65. The van der Waals surface area contributed by atoms with E-state index >= 15 is 0 Å². The first-order chi connectivity index (χ1) is 8.31. The molecule has 0 aromatic heterocycles. The van der Waals surface area contributed by atoms with Crippen molar-refractivity contribution in [2.45, 2.75) is 27.7 Å². The SMILES string of the molecule is C=C(C)/C=C\[N+](=C)C.C=CC=[N+](C)C(=C)C.CC. The Balaban J connectivity index is -0.000000219. The van der Waals surface area contributed by atoms with Crippen LogP contribution in [0.15, 0.2) is 49.4 Å². The second-order valence-electron chi connectivity index (χ2n) is 3.65. The van der Waals surface area contributed by atoms with Crippen molar-refractivity contribution in [1.82, 2.24) is 0 Å². The number of allylic oxidation sites excluding steroid dienone is 4. The molecule has 0 radical (unpaired) electrons. The molecule has 0 atom stereocenters. The monoisotopic (exact) mass is 250 g/mol. The van der Waals surface area contributed by atoms with Gasteiger partial charge in [0.1, 0.15) is 20.8 Å². The van der Waals surface area contributed by atoms with Gasteiger partial charge in [0, 0.05) is 13.0 Å². The summed E-state index contributed by atoms with van der Waals surface area (Å²) in [5.74, 6) is 0. The fraction of sp³-hybridized carbons (Fsp3) is 0.375. The van der Waals surface area contributed by atoms with Gasteiger partial charge < -0.3 is 0 Å². The first kappa shape index (κ1) is 21.6. The fourth-order valence-electron chi connectivity index (χ4n) is 0.540. The second kappa shape index (κ2) is 15.3. The molecule has 0 aromatic rings. The van der Waals surface area contributed by atoms with Crippen LogP contribution in [0.3, 0.4) is 0 Å². The van der Waals surface area contributed by atoms with E-state index in [0.29, 0.717) is 0 Å². The Morgan fingerprint density at radius 1 is 1.06 bits per heavy atom. The largest absolute Gasteiger partial charge is 0.214 e. The van der Waals surface area contributed by atoms with Crippen LogP contribution in [0, 0.1) is 0 Å². The topological polar surface area (TPSA) is 6.02 Å². The number of hydrogen-bond donors (Lipinski definition) is 0. The van der Waals surface area contributed by atoms with Gasteiger partial charge in [-0.3, -0.25) is 0 Å². The quantitative estimate of drug-likeness (QED) is 0.406. The van der Waals surface area contributed by atoms with Crippen molar-refractivity contribution in [1.29, 1.82) is 0 Å². The fourth-order valence-corrected chi connectivity index (χ4v) is 0.540. The molecule has 2 nitrogen and oxygen atoms in total. The minimum absolute atomic E-state index is 1.02. The van der Waals surface area contributed by atoms with Crippen molar-refractivity contribution in [2.24, 2.45) is 0 Å². The molecule has 0 amide bonds. The van der Waals surface area contributed by atoms with Gasteiger partial charge >= 0.3 is 0 Å². The van der Waals surface area contributed by atoms with Crippen molar-refractivity contribution in [3.63, 3.8) is 0 Å². The molecule has 0 N–H and O–H groups in total. The lowest BCUT2D eigenvalue weighted by Crippen LogP contribution is -2.00. The van der Waals surface area contributed by atoms with Crippen LogP contribution >= 0.6 is 0 Å². The molecule has 0 saturated heterocycles. The van der Waals surface area contributed by atoms with Crippen LogP contribution < -0.4 is 0 Å². The summed E-state index contributed by atoms with van der Waals surface area (Å²) in [4.78, 5) is 0. The van der Waals surface area contributed by atoms with Crippen LogP contribution in [0.2, 0.25) is 0 Å².